The fraction of sp³-hybridized carbons (Fsp3) is 0.588. The Labute approximate surface area is 126 Å². The van der Waals surface area contributed by atoms with Crippen LogP contribution in [0.4, 0.5) is 0 Å². The van der Waals surface area contributed by atoms with Crippen molar-refractivity contribution in [2.24, 2.45) is 5.92 Å². The molecule has 2 rings (SSSR count). The molecule has 3 heteroatoms. The van der Waals surface area contributed by atoms with Crippen molar-refractivity contribution in [3.8, 4) is 0 Å². The lowest BCUT2D eigenvalue weighted by Crippen LogP contribution is -2.08. The first-order valence-electron chi connectivity index (χ1n) is 7.57. The van der Waals surface area contributed by atoms with E-state index in [1.165, 1.54) is 38.5 Å². The average Bonchev–Trinajstić information content (AvgIpc) is 2.48. The van der Waals surface area contributed by atoms with Gasteiger partial charge in [-0.25, -0.2) is 4.79 Å². The van der Waals surface area contributed by atoms with Gasteiger partial charge in [-0.15, -0.1) is 11.8 Å². The van der Waals surface area contributed by atoms with Gasteiger partial charge in [0.05, 0.1) is 5.56 Å². The van der Waals surface area contributed by atoms with Crippen LogP contribution in [0, 0.1) is 12.8 Å². The van der Waals surface area contributed by atoms with Gasteiger partial charge in [-0.05, 0) is 37.1 Å². The first-order chi connectivity index (χ1) is 9.75. The molecule has 1 fully saturated rings. The van der Waals surface area contributed by atoms with Crippen LogP contribution in [0.5, 0.6) is 0 Å². The molecule has 0 N–H and O–H groups in total. The predicted octanol–water partition coefficient (Wildman–Crippen LogP) is 4.81. The summed E-state index contributed by atoms with van der Waals surface area (Å²) < 4.78 is 5.28. The second-order valence-electron chi connectivity index (χ2n) is 5.62. The number of hydrogen-bond donors (Lipinski definition) is 0. The van der Waals surface area contributed by atoms with E-state index in [1.54, 1.807) is 11.8 Å². The minimum atomic E-state index is -0.213. The molecule has 0 saturated heterocycles. The molecule has 0 heterocycles. The van der Waals surface area contributed by atoms with E-state index in [0.29, 0.717) is 11.5 Å². The van der Waals surface area contributed by atoms with Gasteiger partial charge in [0, 0.05) is 0 Å². The summed E-state index contributed by atoms with van der Waals surface area (Å²) in [6.07, 6.45) is 8.27. The van der Waals surface area contributed by atoms with Crippen LogP contribution < -0.4 is 0 Å². The van der Waals surface area contributed by atoms with Crippen molar-refractivity contribution in [2.75, 3.05) is 11.7 Å². The second-order valence-corrected chi connectivity index (χ2v) is 6.67. The van der Waals surface area contributed by atoms with Crippen LogP contribution in [0.1, 0.15) is 54.4 Å². The van der Waals surface area contributed by atoms with Crippen LogP contribution in [0.25, 0.3) is 0 Å². The lowest BCUT2D eigenvalue weighted by molar-refractivity contribution is 0.0579. The van der Waals surface area contributed by atoms with Crippen molar-refractivity contribution in [3.63, 3.8) is 0 Å². The molecular weight excluding hydrogens is 268 g/mol. The molecular formula is C17H24O2S. The number of thioether (sulfide) groups is 1. The summed E-state index contributed by atoms with van der Waals surface area (Å²) >= 11 is 1.73. The fourth-order valence-electron chi connectivity index (χ4n) is 2.65. The number of esters is 1. The minimum Gasteiger partial charge on any atom is -0.451 e. The van der Waals surface area contributed by atoms with E-state index in [1.807, 2.05) is 31.2 Å². The molecule has 0 bridgehead atoms. The SMILES string of the molecule is Cc1ccc(C(=O)OCSCCC2CCCCC2)cc1. The van der Waals surface area contributed by atoms with E-state index < -0.39 is 0 Å². The molecule has 2 nitrogen and oxygen atoms in total. The zero-order chi connectivity index (χ0) is 14.2. The van der Waals surface area contributed by atoms with E-state index in [9.17, 15) is 4.79 Å². The number of hydrogen-bond acceptors (Lipinski definition) is 3. The first-order valence-corrected chi connectivity index (χ1v) is 8.73. The standard InChI is InChI=1S/C17H24O2S/c1-14-7-9-16(10-8-14)17(18)19-13-20-12-11-15-5-3-2-4-6-15/h7-10,15H,2-6,11-13H2,1H3. The third-order valence-corrected chi connectivity index (χ3v) is 4.76. The fourth-order valence-corrected chi connectivity index (χ4v) is 3.46. The van der Waals surface area contributed by atoms with Crippen LogP contribution in [-0.2, 0) is 4.74 Å². The van der Waals surface area contributed by atoms with E-state index in [4.69, 9.17) is 4.74 Å². The van der Waals surface area contributed by atoms with Crippen molar-refractivity contribution in [3.05, 3.63) is 35.4 Å². The Kier molecular flexibility index (Phi) is 6.44. The average molecular weight is 292 g/mol. The maximum absolute atomic E-state index is 11.8. The lowest BCUT2D eigenvalue weighted by Gasteiger charge is -2.20. The van der Waals surface area contributed by atoms with E-state index in [2.05, 4.69) is 0 Å². The van der Waals surface area contributed by atoms with Crippen LogP contribution in [0.15, 0.2) is 24.3 Å². The topological polar surface area (TPSA) is 26.3 Å². The molecule has 0 unspecified atom stereocenters. The summed E-state index contributed by atoms with van der Waals surface area (Å²) in [5, 5.41) is 0. The highest BCUT2D eigenvalue weighted by Gasteiger charge is 2.13. The predicted molar refractivity (Wildman–Crippen MR) is 85.1 cm³/mol. The van der Waals surface area contributed by atoms with Crippen LogP contribution >= 0.6 is 11.8 Å². The highest BCUT2D eigenvalue weighted by molar-refractivity contribution is 7.99. The summed E-state index contributed by atoms with van der Waals surface area (Å²) in [7, 11) is 0. The quantitative estimate of drug-likeness (QED) is 0.427. The van der Waals surface area contributed by atoms with Crippen molar-refractivity contribution >= 4 is 17.7 Å². The molecule has 0 spiro atoms. The molecule has 110 valence electrons. The second kappa shape index (κ2) is 8.35. The zero-order valence-corrected chi connectivity index (χ0v) is 13.1. The molecule has 1 saturated carbocycles. The third kappa shape index (κ3) is 5.20. The monoisotopic (exact) mass is 292 g/mol. The Morgan fingerprint density at radius 1 is 1.20 bits per heavy atom. The van der Waals surface area contributed by atoms with Gasteiger partial charge in [0.25, 0.3) is 0 Å². The van der Waals surface area contributed by atoms with E-state index in [-0.39, 0.29) is 5.97 Å². The number of rotatable bonds is 6. The van der Waals surface area contributed by atoms with E-state index in [0.717, 1.165) is 17.2 Å². The molecule has 0 amide bonds. The molecule has 20 heavy (non-hydrogen) atoms. The molecule has 1 aliphatic carbocycles. The number of benzene rings is 1. The summed E-state index contributed by atoms with van der Waals surface area (Å²) in [4.78, 5) is 11.8. The minimum absolute atomic E-state index is 0.213. The first kappa shape index (κ1) is 15.4. The van der Waals surface area contributed by atoms with Gasteiger partial charge in [-0.2, -0.15) is 0 Å². The van der Waals surface area contributed by atoms with Gasteiger partial charge < -0.3 is 4.74 Å². The smallest absolute Gasteiger partial charge is 0.338 e. The molecule has 1 aromatic carbocycles. The van der Waals surface area contributed by atoms with Gasteiger partial charge >= 0.3 is 5.97 Å². The van der Waals surface area contributed by atoms with Crippen LogP contribution in [0.3, 0.4) is 0 Å². The maximum Gasteiger partial charge on any atom is 0.338 e. The van der Waals surface area contributed by atoms with Gasteiger partial charge in [0.15, 0.2) is 0 Å². The summed E-state index contributed by atoms with van der Waals surface area (Å²) in [6.45, 7) is 2.01. The Morgan fingerprint density at radius 2 is 1.90 bits per heavy atom. The molecule has 1 aliphatic rings. The summed E-state index contributed by atoms with van der Waals surface area (Å²) in [5.74, 6) is 2.27. The van der Waals surface area contributed by atoms with Gasteiger partial charge in [0.2, 0.25) is 0 Å². The number of aryl methyl sites for hydroxylation is 1. The highest BCUT2D eigenvalue weighted by atomic mass is 32.2. The normalized spacial score (nSPS) is 16.1. The van der Waals surface area contributed by atoms with Crippen molar-refractivity contribution in [1.82, 2.24) is 0 Å². The molecule has 1 aromatic rings. The molecule has 0 atom stereocenters. The molecule has 0 radical (unpaired) electrons. The largest absolute Gasteiger partial charge is 0.451 e. The van der Waals surface area contributed by atoms with Gasteiger partial charge in [-0.3, -0.25) is 0 Å². The Morgan fingerprint density at radius 3 is 2.60 bits per heavy atom. The Balaban J connectivity index is 1.58. The van der Waals surface area contributed by atoms with Crippen molar-refractivity contribution < 1.29 is 9.53 Å². The van der Waals surface area contributed by atoms with E-state index >= 15 is 0 Å². The summed E-state index contributed by atoms with van der Waals surface area (Å²) in [6, 6.07) is 7.52. The number of ether oxygens (including phenoxy) is 1. The molecule has 0 aliphatic heterocycles. The van der Waals surface area contributed by atoms with Crippen molar-refractivity contribution in [1.29, 1.82) is 0 Å². The third-order valence-electron chi connectivity index (χ3n) is 3.96. The Bertz CT molecular complexity index is 408. The zero-order valence-electron chi connectivity index (χ0n) is 12.3. The lowest BCUT2D eigenvalue weighted by atomic mass is 9.88. The summed E-state index contributed by atoms with van der Waals surface area (Å²) in [5.41, 5.74) is 1.80. The number of carbonyl (C=O) groups is 1. The van der Waals surface area contributed by atoms with Crippen LogP contribution in [0.2, 0.25) is 0 Å². The number of carbonyl (C=O) groups excluding carboxylic acids is 1. The van der Waals surface area contributed by atoms with Crippen LogP contribution in [-0.4, -0.2) is 17.7 Å². The van der Waals surface area contributed by atoms with Crippen molar-refractivity contribution in [2.45, 2.75) is 45.4 Å². The highest BCUT2D eigenvalue weighted by Crippen LogP contribution is 2.27. The Hall–Kier alpha value is -0.960. The van der Waals surface area contributed by atoms with Gasteiger partial charge in [0.1, 0.15) is 5.94 Å². The molecule has 0 aromatic heterocycles. The van der Waals surface area contributed by atoms with Gasteiger partial charge in [-0.1, -0.05) is 49.8 Å². The maximum atomic E-state index is 11.8.